The third-order valence-corrected chi connectivity index (χ3v) is 5.13. The van der Waals surface area contributed by atoms with Crippen LogP contribution in [-0.4, -0.2) is 41.6 Å². The molecule has 1 atom stereocenters. The van der Waals surface area contributed by atoms with E-state index in [0.29, 0.717) is 11.7 Å². The number of amides is 1. The predicted molar refractivity (Wildman–Crippen MR) is 88.5 cm³/mol. The fourth-order valence-electron chi connectivity index (χ4n) is 2.14. The lowest BCUT2D eigenvalue weighted by atomic mass is 10.3. The highest BCUT2D eigenvalue weighted by Crippen LogP contribution is 2.29. The van der Waals surface area contributed by atoms with Crippen molar-refractivity contribution < 1.29 is 9.53 Å². The second kappa shape index (κ2) is 6.64. The summed E-state index contributed by atoms with van der Waals surface area (Å²) in [6, 6.07) is 5.65. The molecule has 1 fully saturated rings. The Morgan fingerprint density at radius 3 is 3.24 bits per heavy atom. The molecule has 2 heterocycles. The first-order valence-electron chi connectivity index (χ1n) is 6.91. The fourth-order valence-corrected chi connectivity index (χ4v) is 3.97. The highest BCUT2D eigenvalue weighted by molar-refractivity contribution is 7.99. The molecule has 112 valence electrons. The molecule has 0 radical (unpaired) electrons. The van der Waals surface area contributed by atoms with Crippen LogP contribution in [0.1, 0.15) is 6.92 Å². The lowest BCUT2D eigenvalue weighted by molar-refractivity contribution is -0.117. The lowest BCUT2D eigenvalue weighted by Gasteiger charge is -2.21. The van der Waals surface area contributed by atoms with Gasteiger partial charge in [-0.2, -0.15) is 11.8 Å². The summed E-state index contributed by atoms with van der Waals surface area (Å²) in [6.45, 7) is 3.47. The van der Waals surface area contributed by atoms with Crippen LogP contribution in [0.4, 0.5) is 5.13 Å². The molecule has 2 N–H and O–H groups in total. The smallest absolute Gasteiger partial charge is 0.244 e. The number of thiazole rings is 1. The molecule has 1 aromatic heterocycles. The quantitative estimate of drug-likeness (QED) is 0.904. The Kier molecular flexibility index (Phi) is 4.62. The van der Waals surface area contributed by atoms with Gasteiger partial charge >= 0.3 is 0 Å². The predicted octanol–water partition coefficient (Wildman–Crippen LogP) is 2.34. The van der Waals surface area contributed by atoms with Gasteiger partial charge in [0.2, 0.25) is 5.91 Å². The maximum atomic E-state index is 12.2. The summed E-state index contributed by atoms with van der Waals surface area (Å²) in [5.41, 5.74) is 0.879. The molecule has 1 unspecified atom stereocenters. The number of hydrogen-bond acceptors (Lipinski definition) is 6. The molecule has 21 heavy (non-hydrogen) atoms. The van der Waals surface area contributed by atoms with E-state index < -0.39 is 0 Å². The van der Waals surface area contributed by atoms with E-state index in [4.69, 9.17) is 4.74 Å². The number of rotatable bonds is 4. The van der Waals surface area contributed by atoms with Gasteiger partial charge in [-0.3, -0.25) is 4.79 Å². The molecule has 1 amide bonds. The summed E-state index contributed by atoms with van der Waals surface area (Å²) in [4.78, 5) is 16.6. The number of fused-ring (bicyclic) bond motifs is 1. The molecule has 5 nitrogen and oxygen atoms in total. The highest BCUT2D eigenvalue weighted by Gasteiger charge is 2.21. The lowest BCUT2D eigenvalue weighted by Crippen LogP contribution is -2.46. The van der Waals surface area contributed by atoms with Crippen LogP contribution in [0.5, 0.6) is 5.75 Å². The van der Waals surface area contributed by atoms with Crippen molar-refractivity contribution in [2.75, 3.05) is 30.0 Å². The summed E-state index contributed by atoms with van der Waals surface area (Å²) in [5.74, 6) is 2.69. The van der Waals surface area contributed by atoms with Gasteiger partial charge in [-0.1, -0.05) is 11.3 Å². The zero-order chi connectivity index (χ0) is 14.7. The number of carbonyl (C=O) groups excluding carboxylic acids is 1. The Morgan fingerprint density at radius 1 is 1.57 bits per heavy atom. The molecule has 1 aliphatic heterocycles. The van der Waals surface area contributed by atoms with E-state index in [1.807, 2.05) is 25.1 Å². The monoisotopic (exact) mass is 323 g/mol. The second-order valence-corrected chi connectivity index (χ2v) is 6.83. The molecule has 2 aromatic rings. The average Bonchev–Trinajstić information content (AvgIpc) is 2.90. The van der Waals surface area contributed by atoms with Crippen LogP contribution in [-0.2, 0) is 4.79 Å². The van der Waals surface area contributed by atoms with Crippen LogP contribution < -0.4 is 15.4 Å². The highest BCUT2D eigenvalue weighted by atomic mass is 32.2. The van der Waals surface area contributed by atoms with E-state index in [2.05, 4.69) is 15.6 Å². The molecule has 0 aliphatic carbocycles. The minimum Gasteiger partial charge on any atom is -0.494 e. The van der Waals surface area contributed by atoms with Crippen molar-refractivity contribution >= 4 is 44.4 Å². The van der Waals surface area contributed by atoms with Crippen molar-refractivity contribution in [2.24, 2.45) is 0 Å². The first-order chi connectivity index (χ1) is 10.3. The summed E-state index contributed by atoms with van der Waals surface area (Å²) < 4.78 is 6.49. The minimum atomic E-state index is -0.130. The van der Waals surface area contributed by atoms with Crippen molar-refractivity contribution in [1.82, 2.24) is 10.3 Å². The van der Waals surface area contributed by atoms with Crippen LogP contribution in [0.15, 0.2) is 18.2 Å². The van der Waals surface area contributed by atoms with Crippen molar-refractivity contribution in [3.05, 3.63) is 18.2 Å². The third-order valence-electron chi connectivity index (χ3n) is 3.14. The number of nitrogens with zero attached hydrogens (tertiary/aromatic N) is 1. The van der Waals surface area contributed by atoms with Crippen LogP contribution in [0.2, 0.25) is 0 Å². The van der Waals surface area contributed by atoms with Crippen molar-refractivity contribution in [1.29, 1.82) is 0 Å². The van der Waals surface area contributed by atoms with E-state index in [0.717, 1.165) is 34.0 Å². The van der Waals surface area contributed by atoms with Gasteiger partial charge in [0, 0.05) is 18.1 Å². The fraction of sp³-hybridized carbons (Fsp3) is 0.429. The molecule has 1 aromatic carbocycles. The van der Waals surface area contributed by atoms with Crippen LogP contribution in [0, 0.1) is 0 Å². The average molecular weight is 323 g/mol. The number of thioether (sulfide) groups is 1. The minimum absolute atomic E-state index is 0.00807. The molecular formula is C14H17N3O2S2. The molecule has 1 saturated heterocycles. The molecule has 0 bridgehead atoms. The maximum Gasteiger partial charge on any atom is 0.244 e. The Balaban J connectivity index is 1.73. The van der Waals surface area contributed by atoms with E-state index in [1.165, 1.54) is 11.3 Å². The summed E-state index contributed by atoms with van der Waals surface area (Å²) >= 11 is 3.27. The summed E-state index contributed by atoms with van der Waals surface area (Å²) in [5, 5.41) is 6.77. The number of ether oxygens (including phenoxy) is 1. The Morgan fingerprint density at radius 2 is 2.48 bits per heavy atom. The number of benzene rings is 1. The first kappa shape index (κ1) is 14.6. The number of carbonyl (C=O) groups is 1. The molecule has 7 heteroatoms. The normalized spacial score (nSPS) is 18.6. The van der Waals surface area contributed by atoms with Crippen LogP contribution in [0.3, 0.4) is 0 Å². The molecule has 1 aliphatic rings. The standard InChI is InChI=1S/C14H17N3O2S2/c1-2-19-9-3-4-10-12(7-9)21-14(16-10)17-13(18)11-8-20-6-5-15-11/h3-4,7,11,15H,2,5-6,8H2,1H3,(H,16,17,18). The number of anilines is 1. The molecule has 0 saturated carbocycles. The SMILES string of the molecule is CCOc1ccc2nc(NC(=O)C3CSCCN3)sc2c1. The van der Waals surface area contributed by atoms with Gasteiger partial charge in [0.05, 0.1) is 22.9 Å². The van der Waals surface area contributed by atoms with Crippen molar-refractivity contribution in [3.63, 3.8) is 0 Å². The third kappa shape index (κ3) is 3.48. The van der Waals surface area contributed by atoms with E-state index in [-0.39, 0.29) is 11.9 Å². The van der Waals surface area contributed by atoms with Gasteiger partial charge in [0.15, 0.2) is 5.13 Å². The summed E-state index contributed by atoms with van der Waals surface area (Å²) in [6.07, 6.45) is 0. The van der Waals surface area contributed by atoms with Gasteiger partial charge in [0.25, 0.3) is 0 Å². The number of aromatic nitrogens is 1. The van der Waals surface area contributed by atoms with E-state index >= 15 is 0 Å². The number of hydrogen-bond donors (Lipinski definition) is 2. The zero-order valence-corrected chi connectivity index (χ0v) is 13.4. The van der Waals surface area contributed by atoms with Gasteiger partial charge in [0.1, 0.15) is 5.75 Å². The van der Waals surface area contributed by atoms with E-state index in [9.17, 15) is 4.79 Å². The molecular weight excluding hydrogens is 306 g/mol. The Hall–Kier alpha value is -1.31. The Labute approximate surface area is 131 Å². The Bertz CT molecular complexity index is 638. The van der Waals surface area contributed by atoms with Gasteiger partial charge in [-0.05, 0) is 25.1 Å². The van der Waals surface area contributed by atoms with Crippen LogP contribution in [0.25, 0.3) is 10.2 Å². The topological polar surface area (TPSA) is 63.2 Å². The second-order valence-electron chi connectivity index (χ2n) is 4.65. The molecule has 0 spiro atoms. The van der Waals surface area contributed by atoms with Gasteiger partial charge < -0.3 is 15.4 Å². The molecule has 3 rings (SSSR count). The van der Waals surface area contributed by atoms with Crippen LogP contribution >= 0.6 is 23.1 Å². The first-order valence-corrected chi connectivity index (χ1v) is 8.89. The van der Waals surface area contributed by atoms with Gasteiger partial charge in [-0.15, -0.1) is 0 Å². The summed E-state index contributed by atoms with van der Waals surface area (Å²) in [7, 11) is 0. The number of nitrogens with one attached hydrogen (secondary N) is 2. The zero-order valence-electron chi connectivity index (χ0n) is 11.7. The van der Waals surface area contributed by atoms with Crippen molar-refractivity contribution in [2.45, 2.75) is 13.0 Å². The van der Waals surface area contributed by atoms with Gasteiger partial charge in [-0.25, -0.2) is 4.98 Å². The largest absolute Gasteiger partial charge is 0.494 e. The van der Waals surface area contributed by atoms with Crippen molar-refractivity contribution in [3.8, 4) is 5.75 Å². The maximum absolute atomic E-state index is 12.2. The van der Waals surface area contributed by atoms with E-state index in [1.54, 1.807) is 11.8 Å².